The molecule has 0 aliphatic carbocycles. The van der Waals surface area contributed by atoms with E-state index in [-0.39, 0.29) is 0 Å². The zero-order valence-electron chi connectivity index (χ0n) is 9.74. The van der Waals surface area contributed by atoms with Gasteiger partial charge in [0, 0.05) is 19.4 Å². The van der Waals surface area contributed by atoms with Crippen molar-refractivity contribution in [1.29, 1.82) is 0 Å². The minimum atomic E-state index is 0.716. The smallest absolute Gasteiger partial charge is 0.105 e. The first-order chi connectivity index (χ1) is 7.63. The van der Waals surface area contributed by atoms with Crippen LogP contribution in [-0.2, 0) is 20.0 Å². The Morgan fingerprint density at radius 3 is 2.69 bits per heavy atom. The average Bonchev–Trinajstić information content (AvgIpc) is 2.77. The molecular weight excluding hydrogens is 224 g/mol. The first kappa shape index (κ1) is 11.2. The van der Waals surface area contributed by atoms with Crippen LogP contribution in [0.4, 0.5) is 0 Å². The van der Waals surface area contributed by atoms with E-state index in [1.807, 2.05) is 24.9 Å². The number of hydrogen-bond acceptors (Lipinski definition) is 2. The Balaban J connectivity index is 2.35. The summed E-state index contributed by atoms with van der Waals surface area (Å²) in [5, 5.41) is 5.17. The van der Waals surface area contributed by atoms with Crippen molar-refractivity contribution in [2.24, 2.45) is 7.05 Å². The highest BCUT2D eigenvalue weighted by Crippen LogP contribution is 2.21. The Labute approximate surface area is 99.9 Å². The van der Waals surface area contributed by atoms with E-state index in [2.05, 4.69) is 21.6 Å². The Morgan fingerprint density at radius 2 is 2.19 bits per heavy atom. The number of aromatic nitrogens is 4. The van der Waals surface area contributed by atoms with Gasteiger partial charge in [0.1, 0.15) is 5.82 Å². The highest BCUT2D eigenvalue weighted by atomic mass is 35.5. The number of rotatable bonds is 3. The van der Waals surface area contributed by atoms with Crippen LogP contribution in [0.1, 0.15) is 24.1 Å². The lowest BCUT2D eigenvalue weighted by Crippen LogP contribution is -2.06. The number of aryl methyl sites for hydroxylation is 3. The summed E-state index contributed by atoms with van der Waals surface area (Å²) in [7, 11) is 1.92. The van der Waals surface area contributed by atoms with Crippen molar-refractivity contribution in [2.75, 3.05) is 0 Å². The summed E-state index contributed by atoms with van der Waals surface area (Å²) in [6, 6.07) is 0. The van der Waals surface area contributed by atoms with E-state index in [1.54, 1.807) is 6.20 Å². The maximum atomic E-state index is 6.28. The van der Waals surface area contributed by atoms with Gasteiger partial charge in [-0.3, -0.25) is 4.68 Å². The Bertz CT molecular complexity index is 498. The Morgan fingerprint density at radius 1 is 1.44 bits per heavy atom. The van der Waals surface area contributed by atoms with Crippen molar-refractivity contribution in [3.8, 4) is 0 Å². The molecule has 0 fully saturated rings. The van der Waals surface area contributed by atoms with Crippen LogP contribution >= 0.6 is 11.6 Å². The molecule has 16 heavy (non-hydrogen) atoms. The van der Waals surface area contributed by atoms with Gasteiger partial charge in [-0.05, 0) is 13.3 Å². The lowest BCUT2D eigenvalue weighted by atomic mass is 10.3. The van der Waals surface area contributed by atoms with Gasteiger partial charge in [-0.2, -0.15) is 5.10 Å². The molecule has 0 radical (unpaired) electrons. The number of hydrogen-bond donors (Lipinski definition) is 0. The summed E-state index contributed by atoms with van der Waals surface area (Å²) in [4.78, 5) is 4.19. The van der Waals surface area contributed by atoms with Gasteiger partial charge in [-0.15, -0.1) is 0 Å². The minimum Gasteiger partial charge on any atom is -0.329 e. The number of nitrogens with zero attached hydrogens (tertiary/aromatic N) is 4. The van der Waals surface area contributed by atoms with Gasteiger partial charge in [0.2, 0.25) is 0 Å². The molecule has 0 aliphatic heterocycles. The summed E-state index contributed by atoms with van der Waals surface area (Å²) >= 11 is 6.28. The molecule has 5 heteroatoms. The van der Waals surface area contributed by atoms with Crippen molar-refractivity contribution < 1.29 is 0 Å². The third-order valence-corrected chi connectivity index (χ3v) is 3.18. The molecule has 0 spiro atoms. The summed E-state index contributed by atoms with van der Waals surface area (Å²) in [5.74, 6) is 0.982. The van der Waals surface area contributed by atoms with E-state index >= 15 is 0 Å². The van der Waals surface area contributed by atoms with Crippen molar-refractivity contribution >= 4 is 11.6 Å². The molecular formula is C11H15ClN4. The molecule has 0 aliphatic rings. The van der Waals surface area contributed by atoms with Crippen molar-refractivity contribution in [1.82, 2.24) is 19.3 Å². The summed E-state index contributed by atoms with van der Waals surface area (Å²) < 4.78 is 3.91. The second kappa shape index (κ2) is 4.29. The molecule has 2 aromatic heterocycles. The van der Waals surface area contributed by atoms with E-state index in [1.165, 1.54) is 0 Å². The normalized spacial score (nSPS) is 11.0. The highest BCUT2D eigenvalue weighted by Gasteiger charge is 2.13. The van der Waals surface area contributed by atoms with Crippen LogP contribution in [0.5, 0.6) is 0 Å². The lowest BCUT2D eigenvalue weighted by molar-refractivity contribution is 0.651. The van der Waals surface area contributed by atoms with E-state index in [0.717, 1.165) is 28.7 Å². The second-order valence-corrected chi connectivity index (χ2v) is 4.16. The summed E-state index contributed by atoms with van der Waals surface area (Å²) in [6.45, 7) is 4.75. The lowest BCUT2D eigenvalue weighted by Gasteiger charge is -2.05. The van der Waals surface area contributed by atoms with Crippen LogP contribution in [0.15, 0.2) is 12.4 Å². The zero-order valence-corrected chi connectivity index (χ0v) is 10.5. The van der Waals surface area contributed by atoms with Crippen LogP contribution < -0.4 is 0 Å². The van der Waals surface area contributed by atoms with Crippen LogP contribution in [0.2, 0.25) is 5.02 Å². The van der Waals surface area contributed by atoms with Gasteiger partial charge in [0.05, 0.1) is 23.0 Å². The van der Waals surface area contributed by atoms with E-state index in [0.29, 0.717) is 6.54 Å². The molecule has 2 aromatic rings. The molecule has 0 aromatic carbocycles. The van der Waals surface area contributed by atoms with Gasteiger partial charge >= 0.3 is 0 Å². The van der Waals surface area contributed by atoms with Crippen LogP contribution in [0, 0.1) is 6.92 Å². The van der Waals surface area contributed by atoms with E-state index in [9.17, 15) is 0 Å². The predicted octanol–water partition coefficient (Wildman–Crippen LogP) is 2.19. The van der Waals surface area contributed by atoms with E-state index < -0.39 is 0 Å². The van der Waals surface area contributed by atoms with Crippen molar-refractivity contribution in [2.45, 2.75) is 26.8 Å². The molecule has 0 amide bonds. The van der Waals surface area contributed by atoms with Crippen molar-refractivity contribution in [3.63, 3.8) is 0 Å². The van der Waals surface area contributed by atoms with Gasteiger partial charge in [0.15, 0.2) is 0 Å². The van der Waals surface area contributed by atoms with Crippen LogP contribution in [0.3, 0.4) is 0 Å². The topological polar surface area (TPSA) is 35.6 Å². The van der Waals surface area contributed by atoms with Gasteiger partial charge < -0.3 is 4.57 Å². The third kappa shape index (κ3) is 1.85. The molecule has 86 valence electrons. The van der Waals surface area contributed by atoms with Gasteiger partial charge in [0.25, 0.3) is 0 Å². The largest absolute Gasteiger partial charge is 0.329 e. The van der Waals surface area contributed by atoms with Crippen molar-refractivity contribution in [3.05, 3.63) is 34.6 Å². The molecule has 0 atom stereocenters. The number of imidazole rings is 1. The molecule has 0 bridgehead atoms. The first-order valence-electron chi connectivity index (χ1n) is 5.31. The summed E-state index contributed by atoms with van der Waals surface area (Å²) in [5.41, 5.74) is 1.98. The minimum absolute atomic E-state index is 0.716. The molecule has 0 N–H and O–H groups in total. The first-order valence-corrected chi connectivity index (χ1v) is 5.69. The van der Waals surface area contributed by atoms with Gasteiger partial charge in [-0.1, -0.05) is 18.5 Å². The maximum Gasteiger partial charge on any atom is 0.105 e. The van der Waals surface area contributed by atoms with Crippen LogP contribution in [-0.4, -0.2) is 19.3 Å². The molecule has 4 nitrogen and oxygen atoms in total. The fourth-order valence-electron chi connectivity index (χ4n) is 1.72. The SMILES string of the molecule is CCc1nn(C)c(Cn2ccnc2C)c1Cl. The molecule has 2 heterocycles. The Hall–Kier alpha value is -1.29. The monoisotopic (exact) mass is 238 g/mol. The zero-order chi connectivity index (χ0) is 11.7. The fraction of sp³-hybridized carbons (Fsp3) is 0.455. The van der Waals surface area contributed by atoms with Gasteiger partial charge in [-0.25, -0.2) is 4.98 Å². The molecule has 0 saturated carbocycles. The molecule has 0 saturated heterocycles. The third-order valence-electron chi connectivity index (χ3n) is 2.75. The number of halogens is 1. The highest BCUT2D eigenvalue weighted by molar-refractivity contribution is 6.31. The summed E-state index contributed by atoms with van der Waals surface area (Å²) in [6.07, 6.45) is 4.60. The quantitative estimate of drug-likeness (QED) is 0.822. The maximum absolute atomic E-state index is 6.28. The predicted molar refractivity (Wildman–Crippen MR) is 63.7 cm³/mol. The van der Waals surface area contributed by atoms with E-state index in [4.69, 9.17) is 11.6 Å². The average molecular weight is 239 g/mol. The fourth-order valence-corrected chi connectivity index (χ4v) is 2.08. The standard InChI is InChI=1S/C11H15ClN4/c1-4-9-11(12)10(15(3)14-9)7-16-6-5-13-8(16)2/h5-6H,4,7H2,1-3H3. The second-order valence-electron chi connectivity index (χ2n) is 3.79. The Kier molecular flexibility index (Phi) is 3.01. The van der Waals surface area contributed by atoms with Crippen LogP contribution in [0.25, 0.3) is 0 Å². The molecule has 2 rings (SSSR count). The molecule has 0 unspecified atom stereocenters.